The molecule has 0 amide bonds. The molecule has 0 fully saturated rings. The van der Waals surface area contributed by atoms with E-state index in [-0.39, 0.29) is 5.54 Å². The second kappa shape index (κ2) is 8.08. The van der Waals surface area contributed by atoms with Gasteiger partial charge in [0.2, 0.25) is 0 Å². The Kier molecular flexibility index (Phi) is 8.04. The molecule has 1 atom stereocenters. The zero-order chi connectivity index (χ0) is 12.6. The van der Waals surface area contributed by atoms with Crippen LogP contribution in [0.2, 0.25) is 0 Å². The molecular weight excluding hydrogens is 196 g/mol. The maximum Gasteiger partial charge on any atom is 0.00965 e. The van der Waals surface area contributed by atoms with Gasteiger partial charge in [0.15, 0.2) is 0 Å². The fourth-order valence-corrected chi connectivity index (χ4v) is 1.71. The van der Waals surface area contributed by atoms with Crippen LogP contribution in [-0.2, 0) is 0 Å². The summed E-state index contributed by atoms with van der Waals surface area (Å²) in [6.45, 7) is 18.3. The van der Waals surface area contributed by atoms with Gasteiger partial charge in [0.1, 0.15) is 0 Å². The molecule has 0 bridgehead atoms. The summed E-state index contributed by atoms with van der Waals surface area (Å²) in [5.41, 5.74) is 0.258. The fraction of sp³-hybridized carbons (Fsp3) is 1.00. The van der Waals surface area contributed by atoms with Crippen molar-refractivity contribution in [3.8, 4) is 0 Å². The van der Waals surface area contributed by atoms with E-state index in [9.17, 15) is 0 Å². The van der Waals surface area contributed by atoms with E-state index in [0.29, 0.717) is 0 Å². The smallest absolute Gasteiger partial charge is 0.00965 e. The van der Waals surface area contributed by atoms with Crippen molar-refractivity contribution in [3.63, 3.8) is 0 Å². The van der Waals surface area contributed by atoms with Crippen molar-refractivity contribution >= 4 is 0 Å². The number of nitrogens with zero attached hydrogens (tertiary/aromatic N) is 1. The average Bonchev–Trinajstić information content (AvgIpc) is 2.20. The van der Waals surface area contributed by atoms with Crippen molar-refractivity contribution in [1.82, 2.24) is 10.2 Å². The largest absolute Gasteiger partial charge is 0.312 e. The van der Waals surface area contributed by atoms with E-state index in [4.69, 9.17) is 0 Å². The van der Waals surface area contributed by atoms with Crippen LogP contribution in [-0.4, -0.2) is 36.6 Å². The highest BCUT2D eigenvalue weighted by Crippen LogP contribution is 2.05. The minimum Gasteiger partial charge on any atom is -0.312 e. The van der Waals surface area contributed by atoms with E-state index >= 15 is 0 Å². The Morgan fingerprint density at radius 3 is 2.25 bits per heavy atom. The maximum atomic E-state index is 3.54. The first-order chi connectivity index (χ1) is 7.39. The van der Waals surface area contributed by atoms with Gasteiger partial charge in [-0.2, -0.15) is 0 Å². The van der Waals surface area contributed by atoms with Gasteiger partial charge in [0.25, 0.3) is 0 Å². The normalized spacial score (nSPS) is 14.4. The summed E-state index contributed by atoms with van der Waals surface area (Å²) in [6, 6.07) is 0. The Hall–Kier alpha value is -0.0800. The quantitative estimate of drug-likeness (QED) is 0.642. The lowest BCUT2D eigenvalue weighted by Crippen LogP contribution is -2.38. The van der Waals surface area contributed by atoms with E-state index in [2.05, 4.69) is 51.8 Å². The van der Waals surface area contributed by atoms with Crippen LogP contribution in [0.15, 0.2) is 0 Å². The van der Waals surface area contributed by atoms with Gasteiger partial charge in [-0.05, 0) is 52.7 Å². The molecule has 0 aliphatic carbocycles. The van der Waals surface area contributed by atoms with Gasteiger partial charge < -0.3 is 10.2 Å². The molecule has 0 rings (SSSR count). The van der Waals surface area contributed by atoms with Gasteiger partial charge in [-0.25, -0.2) is 0 Å². The maximum absolute atomic E-state index is 3.54. The molecule has 0 heterocycles. The number of rotatable bonds is 8. The van der Waals surface area contributed by atoms with Crippen molar-refractivity contribution in [2.75, 3.05) is 26.2 Å². The van der Waals surface area contributed by atoms with Gasteiger partial charge in [-0.3, -0.25) is 0 Å². The average molecular weight is 228 g/mol. The SMILES string of the molecule is CCC(C)CN(CC)CCCNC(C)(C)C. The molecule has 0 spiro atoms. The molecule has 0 aromatic rings. The van der Waals surface area contributed by atoms with E-state index in [1.165, 1.54) is 32.5 Å². The molecule has 2 nitrogen and oxygen atoms in total. The number of hydrogen-bond acceptors (Lipinski definition) is 2. The summed E-state index contributed by atoms with van der Waals surface area (Å²) in [4.78, 5) is 2.57. The first-order valence-electron chi connectivity index (χ1n) is 6.86. The first-order valence-corrected chi connectivity index (χ1v) is 6.86. The summed E-state index contributed by atoms with van der Waals surface area (Å²) >= 11 is 0. The minimum atomic E-state index is 0.258. The molecule has 0 aromatic carbocycles. The lowest BCUT2D eigenvalue weighted by Gasteiger charge is -2.25. The van der Waals surface area contributed by atoms with Crippen LogP contribution in [0.3, 0.4) is 0 Å². The Balaban J connectivity index is 3.63. The lowest BCUT2D eigenvalue weighted by molar-refractivity contribution is 0.239. The molecule has 0 saturated heterocycles. The summed E-state index contributed by atoms with van der Waals surface area (Å²) in [6.07, 6.45) is 2.54. The third-order valence-electron chi connectivity index (χ3n) is 3.02. The molecule has 16 heavy (non-hydrogen) atoms. The first kappa shape index (κ1) is 15.9. The Bertz CT molecular complexity index is 161. The van der Waals surface area contributed by atoms with Crippen molar-refractivity contribution in [1.29, 1.82) is 0 Å². The molecule has 0 saturated carbocycles. The van der Waals surface area contributed by atoms with Crippen LogP contribution in [0.5, 0.6) is 0 Å². The van der Waals surface area contributed by atoms with Crippen molar-refractivity contribution in [2.45, 2.75) is 59.9 Å². The zero-order valence-electron chi connectivity index (χ0n) is 12.3. The predicted molar refractivity (Wildman–Crippen MR) is 73.9 cm³/mol. The van der Waals surface area contributed by atoms with Gasteiger partial charge in [-0.15, -0.1) is 0 Å². The van der Waals surface area contributed by atoms with Gasteiger partial charge in [0.05, 0.1) is 0 Å². The molecule has 0 radical (unpaired) electrons. The fourth-order valence-electron chi connectivity index (χ4n) is 1.71. The van der Waals surface area contributed by atoms with Crippen LogP contribution in [0, 0.1) is 5.92 Å². The molecular formula is C14H32N2. The summed E-state index contributed by atoms with van der Waals surface area (Å²) in [5, 5.41) is 3.54. The van der Waals surface area contributed by atoms with Crippen LogP contribution < -0.4 is 5.32 Å². The molecule has 1 unspecified atom stereocenters. The van der Waals surface area contributed by atoms with E-state index < -0.39 is 0 Å². The van der Waals surface area contributed by atoms with Gasteiger partial charge >= 0.3 is 0 Å². The summed E-state index contributed by atoms with van der Waals surface area (Å²) in [5.74, 6) is 0.829. The summed E-state index contributed by atoms with van der Waals surface area (Å²) < 4.78 is 0. The molecule has 1 N–H and O–H groups in total. The van der Waals surface area contributed by atoms with Crippen LogP contribution in [0.1, 0.15) is 54.4 Å². The van der Waals surface area contributed by atoms with Gasteiger partial charge in [0, 0.05) is 12.1 Å². The number of nitrogens with one attached hydrogen (secondary N) is 1. The lowest BCUT2D eigenvalue weighted by atomic mass is 10.1. The van der Waals surface area contributed by atoms with Crippen LogP contribution in [0.25, 0.3) is 0 Å². The predicted octanol–water partition coefficient (Wildman–Crippen LogP) is 3.13. The van der Waals surface area contributed by atoms with Crippen molar-refractivity contribution < 1.29 is 0 Å². The molecule has 0 aliphatic heterocycles. The molecule has 0 aromatic heterocycles. The Morgan fingerprint density at radius 1 is 1.19 bits per heavy atom. The minimum absolute atomic E-state index is 0.258. The van der Waals surface area contributed by atoms with Crippen LogP contribution >= 0.6 is 0 Å². The van der Waals surface area contributed by atoms with Gasteiger partial charge in [-0.1, -0.05) is 27.2 Å². The van der Waals surface area contributed by atoms with Crippen molar-refractivity contribution in [3.05, 3.63) is 0 Å². The topological polar surface area (TPSA) is 15.3 Å². The zero-order valence-corrected chi connectivity index (χ0v) is 12.3. The summed E-state index contributed by atoms with van der Waals surface area (Å²) in [7, 11) is 0. The Morgan fingerprint density at radius 2 is 1.81 bits per heavy atom. The Labute approximate surface area is 103 Å². The molecule has 0 aliphatic rings. The highest BCUT2D eigenvalue weighted by atomic mass is 15.1. The highest BCUT2D eigenvalue weighted by Gasteiger charge is 2.09. The van der Waals surface area contributed by atoms with Crippen molar-refractivity contribution in [2.24, 2.45) is 5.92 Å². The van der Waals surface area contributed by atoms with E-state index in [1.54, 1.807) is 0 Å². The second-order valence-corrected chi connectivity index (χ2v) is 5.94. The van der Waals surface area contributed by atoms with E-state index in [1.807, 2.05) is 0 Å². The number of hydrogen-bond donors (Lipinski definition) is 1. The van der Waals surface area contributed by atoms with E-state index in [0.717, 1.165) is 12.5 Å². The molecule has 98 valence electrons. The highest BCUT2D eigenvalue weighted by molar-refractivity contribution is 4.70. The standard InChI is InChI=1S/C14H32N2/c1-7-13(3)12-16(8-2)11-9-10-15-14(4,5)6/h13,15H,7-12H2,1-6H3. The second-order valence-electron chi connectivity index (χ2n) is 5.94. The van der Waals surface area contributed by atoms with Crippen LogP contribution in [0.4, 0.5) is 0 Å². The third-order valence-corrected chi connectivity index (χ3v) is 3.02. The third kappa shape index (κ3) is 9.17. The molecule has 2 heteroatoms. The monoisotopic (exact) mass is 228 g/mol.